The minimum atomic E-state index is -0.691. The highest BCUT2D eigenvalue weighted by Gasteiger charge is 2.14. The van der Waals surface area contributed by atoms with Crippen molar-refractivity contribution in [2.75, 3.05) is 0 Å². The molecule has 0 spiro atoms. The van der Waals surface area contributed by atoms with Gasteiger partial charge in [0.1, 0.15) is 5.92 Å². The minimum Gasteiger partial charge on any atom is -0.369 e. The molecular weight excluding hydrogens is 172 g/mol. The highest BCUT2D eigenvalue weighted by molar-refractivity contribution is 7.09. The van der Waals surface area contributed by atoms with E-state index in [1.54, 1.807) is 0 Å². The number of hydrogen-bond acceptors (Lipinski definition) is 3. The van der Waals surface area contributed by atoms with Gasteiger partial charge in [0.25, 0.3) is 0 Å². The molecule has 1 unspecified atom stereocenters. The molecule has 12 heavy (non-hydrogen) atoms. The quantitative estimate of drug-likeness (QED) is 0.751. The number of carbonyl (C=O) groups excluding carboxylic acids is 1. The van der Waals surface area contributed by atoms with Gasteiger partial charge in [-0.25, -0.2) is 0 Å². The van der Waals surface area contributed by atoms with Gasteiger partial charge in [-0.05, 0) is 11.4 Å². The van der Waals surface area contributed by atoms with Gasteiger partial charge in [0.05, 0.1) is 6.07 Å². The third kappa shape index (κ3) is 2.07. The number of carbonyl (C=O) groups is 1. The lowest BCUT2D eigenvalue weighted by Crippen LogP contribution is -2.23. The third-order valence-corrected chi connectivity index (χ3v) is 2.38. The van der Waals surface area contributed by atoms with E-state index >= 15 is 0 Å². The van der Waals surface area contributed by atoms with Gasteiger partial charge in [-0.2, -0.15) is 5.26 Å². The van der Waals surface area contributed by atoms with E-state index in [2.05, 4.69) is 0 Å². The second-order valence-electron chi connectivity index (χ2n) is 2.37. The van der Waals surface area contributed by atoms with E-state index in [1.165, 1.54) is 11.3 Å². The van der Waals surface area contributed by atoms with Crippen LogP contribution in [0.4, 0.5) is 0 Å². The Morgan fingerprint density at radius 1 is 1.83 bits per heavy atom. The topological polar surface area (TPSA) is 66.9 Å². The van der Waals surface area contributed by atoms with Crippen molar-refractivity contribution in [3.63, 3.8) is 0 Å². The molecule has 1 heterocycles. The lowest BCUT2D eigenvalue weighted by atomic mass is 10.1. The Morgan fingerprint density at radius 3 is 3.00 bits per heavy atom. The van der Waals surface area contributed by atoms with Crippen molar-refractivity contribution in [3.05, 3.63) is 22.4 Å². The van der Waals surface area contributed by atoms with E-state index in [0.29, 0.717) is 6.42 Å². The Labute approximate surface area is 74.4 Å². The molecule has 1 aromatic heterocycles. The molecule has 1 aromatic rings. The zero-order chi connectivity index (χ0) is 8.97. The first kappa shape index (κ1) is 8.75. The van der Waals surface area contributed by atoms with Gasteiger partial charge in [-0.3, -0.25) is 4.79 Å². The molecule has 0 saturated heterocycles. The maximum absolute atomic E-state index is 10.7. The van der Waals surface area contributed by atoms with Gasteiger partial charge >= 0.3 is 0 Å². The van der Waals surface area contributed by atoms with Crippen molar-refractivity contribution in [2.24, 2.45) is 11.7 Å². The maximum Gasteiger partial charge on any atom is 0.235 e. The Balaban J connectivity index is 2.62. The van der Waals surface area contributed by atoms with Crippen LogP contribution in [0.1, 0.15) is 4.88 Å². The van der Waals surface area contributed by atoms with Crippen molar-refractivity contribution in [2.45, 2.75) is 6.42 Å². The molecule has 0 aliphatic carbocycles. The van der Waals surface area contributed by atoms with Crippen molar-refractivity contribution in [1.29, 1.82) is 5.26 Å². The van der Waals surface area contributed by atoms with Crippen LogP contribution in [0.2, 0.25) is 0 Å². The summed E-state index contributed by atoms with van der Waals surface area (Å²) >= 11 is 1.53. The standard InChI is InChI=1S/C8H8N2OS/c9-5-6(8(10)11)4-7-2-1-3-12-7/h1-3,6H,4H2,(H2,10,11). The van der Waals surface area contributed by atoms with E-state index in [9.17, 15) is 4.79 Å². The first-order valence-corrected chi connectivity index (χ1v) is 4.33. The zero-order valence-electron chi connectivity index (χ0n) is 6.36. The molecule has 0 aliphatic rings. The monoisotopic (exact) mass is 180 g/mol. The van der Waals surface area contributed by atoms with Gasteiger partial charge in [0.2, 0.25) is 5.91 Å². The number of nitriles is 1. The molecular formula is C8H8N2OS. The first-order chi connectivity index (χ1) is 5.74. The SMILES string of the molecule is N#CC(Cc1cccs1)C(N)=O. The molecule has 3 nitrogen and oxygen atoms in total. The number of primary amides is 1. The highest BCUT2D eigenvalue weighted by Crippen LogP contribution is 2.13. The van der Waals surface area contributed by atoms with Crippen LogP contribution >= 0.6 is 11.3 Å². The van der Waals surface area contributed by atoms with Crippen LogP contribution < -0.4 is 5.73 Å². The molecule has 4 heteroatoms. The molecule has 0 bridgehead atoms. The van der Waals surface area contributed by atoms with Crippen LogP contribution in [-0.2, 0) is 11.2 Å². The summed E-state index contributed by atoms with van der Waals surface area (Å²) in [7, 11) is 0. The summed E-state index contributed by atoms with van der Waals surface area (Å²) in [4.78, 5) is 11.7. The van der Waals surface area contributed by atoms with Gasteiger partial charge in [0, 0.05) is 11.3 Å². The zero-order valence-corrected chi connectivity index (χ0v) is 7.17. The predicted molar refractivity (Wildman–Crippen MR) is 46.3 cm³/mol. The Kier molecular flexibility index (Phi) is 2.83. The van der Waals surface area contributed by atoms with Gasteiger partial charge in [-0.1, -0.05) is 6.07 Å². The normalized spacial score (nSPS) is 11.9. The van der Waals surface area contributed by atoms with E-state index in [-0.39, 0.29) is 0 Å². The summed E-state index contributed by atoms with van der Waals surface area (Å²) < 4.78 is 0. The van der Waals surface area contributed by atoms with Crippen LogP contribution in [0.5, 0.6) is 0 Å². The number of nitrogens with zero attached hydrogens (tertiary/aromatic N) is 1. The Bertz CT molecular complexity index is 299. The summed E-state index contributed by atoms with van der Waals surface area (Å²) in [6, 6.07) is 5.64. The van der Waals surface area contributed by atoms with Crippen LogP contribution in [0.3, 0.4) is 0 Å². The number of rotatable bonds is 3. The fourth-order valence-electron chi connectivity index (χ4n) is 0.840. The van der Waals surface area contributed by atoms with Gasteiger partial charge < -0.3 is 5.73 Å². The minimum absolute atomic E-state index is 0.434. The lowest BCUT2D eigenvalue weighted by molar-refractivity contribution is -0.120. The molecule has 0 aliphatic heterocycles. The number of thiophene rings is 1. The first-order valence-electron chi connectivity index (χ1n) is 3.45. The van der Waals surface area contributed by atoms with Crippen molar-refractivity contribution in [3.8, 4) is 6.07 Å². The van der Waals surface area contributed by atoms with E-state index in [4.69, 9.17) is 11.0 Å². The average molecular weight is 180 g/mol. The second-order valence-corrected chi connectivity index (χ2v) is 3.40. The fraction of sp³-hybridized carbons (Fsp3) is 0.250. The smallest absolute Gasteiger partial charge is 0.235 e. The summed E-state index contributed by atoms with van der Waals surface area (Å²) in [5.74, 6) is -1.24. The molecule has 0 aromatic carbocycles. The molecule has 62 valence electrons. The van der Waals surface area contributed by atoms with Gasteiger partial charge in [-0.15, -0.1) is 11.3 Å². The van der Waals surface area contributed by atoms with Gasteiger partial charge in [0.15, 0.2) is 0 Å². The molecule has 1 amide bonds. The van der Waals surface area contributed by atoms with Crippen LogP contribution in [0.25, 0.3) is 0 Å². The highest BCUT2D eigenvalue weighted by atomic mass is 32.1. The number of amides is 1. The lowest BCUT2D eigenvalue weighted by Gasteiger charge is -2.00. The number of hydrogen-bond donors (Lipinski definition) is 1. The van der Waals surface area contributed by atoms with Crippen molar-refractivity contribution in [1.82, 2.24) is 0 Å². The van der Waals surface area contributed by atoms with E-state index in [0.717, 1.165) is 4.88 Å². The van der Waals surface area contributed by atoms with Crippen molar-refractivity contribution >= 4 is 17.2 Å². The summed E-state index contributed by atoms with van der Waals surface area (Å²) in [6.07, 6.45) is 0.434. The summed E-state index contributed by atoms with van der Waals surface area (Å²) in [5, 5.41) is 10.5. The molecule has 1 atom stereocenters. The second kappa shape index (κ2) is 3.88. The van der Waals surface area contributed by atoms with Crippen LogP contribution in [0.15, 0.2) is 17.5 Å². The summed E-state index contributed by atoms with van der Waals surface area (Å²) in [5.41, 5.74) is 5.01. The molecule has 0 saturated carbocycles. The van der Waals surface area contributed by atoms with E-state index < -0.39 is 11.8 Å². The third-order valence-electron chi connectivity index (χ3n) is 1.48. The Morgan fingerprint density at radius 2 is 2.58 bits per heavy atom. The summed E-state index contributed by atoms with van der Waals surface area (Å²) in [6.45, 7) is 0. The predicted octanol–water partition coefficient (Wildman–Crippen LogP) is 0.916. The van der Waals surface area contributed by atoms with Crippen LogP contribution in [0, 0.1) is 17.2 Å². The fourth-order valence-corrected chi connectivity index (χ4v) is 1.59. The number of nitrogens with two attached hydrogens (primary N) is 1. The molecule has 2 N–H and O–H groups in total. The average Bonchev–Trinajstić information content (AvgIpc) is 2.51. The molecule has 0 radical (unpaired) electrons. The molecule has 0 fully saturated rings. The molecule has 1 rings (SSSR count). The van der Waals surface area contributed by atoms with E-state index in [1.807, 2.05) is 23.6 Å². The maximum atomic E-state index is 10.7. The largest absolute Gasteiger partial charge is 0.369 e. The van der Waals surface area contributed by atoms with Crippen molar-refractivity contribution < 1.29 is 4.79 Å². The Hall–Kier alpha value is -1.34. The van der Waals surface area contributed by atoms with Crippen LogP contribution in [-0.4, -0.2) is 5.91 Å².